The van der Waals surface area contributed by atoms with Gasteiger partial charge in [0.25, 0.3) is 0 Å². The van der Waals surface area contributed by atoms with Gasteiger partial charge in [0.2, 0.25) is 5.88 Å². The number of hydrogen-bond donors (Lipinski definition) is 1. The molecule has 108 valence electrons. The molecule has 0 unspecified atom stereocenters. The molecule has 9 heteroatoms. The second-order valence-electron chi connectivity index (χ2n) is 3.78. The van der Waals surface area contributed by atoms with Gasteiger partial charge in [-0.3, -0.25) is 10.1 Å². The number of benzene rings is 1. The second kappa shape index (κ2) is 5.71. The van der Waals surface area contributed by atoms with Crippen molar-refractivity contribution in [3.8, 4) is 11.6 Å². The van der Waals surface area contributed by atoms with Crippen LogP contribution in [0.4, 0.5) is 10.1 Å². The molecule has 2 rings (SSSR count). The molecule has 0 fully saturated rings. The molecule has 7 nitrogen and oxygen atoms in total. The fourth-order valence-electron chi connectivity index (χ4n) is 1.47. The Hall–Kier alpha value is -2.74. The van der Waals surface area contributed by atoms with E-state index >= 15 is 0 Å². The molecule has 0 aliphatic carbocycles. The molecule has 2 aromatic rings. The third-order valence-electron chi connectivity index (χ3n) is 2.39. The molecule has 0 aliphatic rings. The molecule has 0 saturated carbocycles. The number of halogens is 2. The van der Waals surface area contributed by atoms with Crippen LogP contribution in [-0.4, -0.2) is 21.0 Å². The summed E-state index contributed by atoms with van der Waals surface area (Å²) in [5.74, 6) is -2.25. The van der Waals surface area contributed by atoms with Gasteiger partial charge in [0, 0.05) is 6.07 Å². The lowest BCUT2D eigenvalue weighted by Crippen LogP contribution is -2.04. The van der Waals surface area contributed by atoms with Gasteiger partial charge in [0.05, 0.1) is 9.95 Å². The number of ether oxygens (including phenoxy) is 1. The molecule has 0 radical (unpaired) electrons. The van der Waals surface area contributed by atoms with E-state index in [1.165, 1.54) is 6.07 Å². The Balaban J connectivity index is 2.39. The average Bonchev–Trinajstić information content (AvgIpc) is 2.41. The minimum Gasteiger partial charge on any atom is -0.477 e. The van der Waals surface area contributed by atoms with E-state index in [4.69, 9.17) is 21.4 Å². The average molecular weight is 313 g/mol. The largest absolute Gasteiger partial charge is 0.477 e. The van der Waals surface area contributed by atoms with Crippen LogP contribution in [0.15, 0.2) is 30.5 Å². The number of aromatic nitrogens is 1. The first-order chi connectivity index (χ1) is 9.88. The van der Waals surface area contributed by atoms with Crippen LogP contribution in [0.3, 0.4) is 0 Å². The summed E-state index contributed by atoms with van der Waals surface area (Å²) < 4.78 is 18.1. The molecular weight excluding hydrogens is 307 g/mol. The molecule has 0 saturated heterocycles. The first kappa shape index (κ1) is 14.7. The van der Waals surface area contributed by atoms with Crippen LogP contribution >= 0.6 is 11.6 Å². The van der Waals surface area contributed by atoms with Gasteiger partial charge in [0.1, 0.15) is 23.3 Å². The summed E-state index contributed by atoms with van der Waals surface area (Å²) in [6.45, 7) is 0. The van der Waals surface area contributed by atoms with Gasteiger partial charge < -0.3 is 9.84 Å². The number of carboxylic acid groups (broad SMARTS) is 1. The fourth-order valence-corrected chi connectivity index (χ4v) is 1.68. The Morgan fingerprint density at radius 3 is 2.71 bits per heavy atom. The number of pyridine rings is 1. The smallest absolute Gasteiger partial charge is 0.342 e. The van der Waals surface area contributed by atoms with Crippen LogP contribution in [0.5, 0.6) is 11.6 Å². The van der Waals surface area contributed by atoms with Crippen LogP contribution in [0.1, 0.15) is 10.4 Å². The van der Waals surface area contributed by atoms with E-state index in [1.54, 1.807) is 0 Å². The standard InChI is InChI=1S/C12H6ClFN2O5/c13-8-3-6(14)1-2-10(8)21-11-4-7(12(17)18)9(5-15-11)16(19)20/h1-5H,(H,17,18). The van der Waals surface area contributed by atoms with Crippen molar-refractivity contribution in [1.29, 1.82) is 0 Å². The number of nitro groups is 1. The Morgan fingerprint density at radius 1 is 1.43 bits per heavy atom. The fraction of sp³-hybridized carbons (Fsp3) is 0. The molecule has 0 atom stereocenters. The maximum atomic E-state index is 12.9. The highest BCUT2D eigenvalue weighted by atomic mass is 35.5. The normalized spacial score (nSPS) is 10.2. The molecule has 1 aromatic carbocycles. The maximum Gasteiger partial charge on any atom is 0.342 e. The van der Waals surface area contributed by atoms with Crippen molar-refractivity contribution in [2.24, 2.45) is 0 Å². The Morgan fingerprint density at radius 2 is 2.14 bits per heavy atom. The first-order valence-electron chi connectivity index (χ1n) is 5.39. The Labute approximate surface area is 121 Å². The maximum absolute atomic E-state index is 12.9. The topological polar surface area (TPSA) is 103 Å². The lowest BCUT2D eigenvalue weighted by atomic mass is 10.2. The van der Waals surface area contributed by atoms with Crippen molar-refractivity contribution in [1.82, 2.24) is 4.98 Å². The zero-order chi connectivity index (χ0) is 15.6. The molecule has 0 bridgehead atoms. The molecule has 1 heterocycles. The number of nitrogens with zero attached hydrogens (tertiary/aromatic N) is 2. The van der Waals surface area contributed by atoms with Gasteiger partial charge in [0.15, 0.2) is 0 Å². The summed E-state index contributed by atoms with van der Waals surface area (Å²) in [7, 11) is 0. The van der Waals surface area contributed by atoms with Crippen molar-refractivity contribution < 1.29 is 24.0 Å². The molecule has 0 aliphatic heterocycles. The van der Waals surface area contributed by atoms with Crippen LogP contribution in [0.2, 0.25) is 5.02 Å². The van der Waals surface area contributed by atoms with E-state index in [9.17, 15) is 19.3 Å². The van der Waals surface area contributed by atoms with Gasteiger partial charge in [-0.25, -0.2) is 14.2 Å². The Bertz CT molecular complexity index is 738. The molecule has 1 N–H and O–H groups in total. The molecule has 1 aromatic heterocycles. The number of hydrogen-bond acceptors (Lipinski definition) is 5. The summed E-state index contributed by atoms with van der Waals surface area (Å²) in [5, 5.41) is 19.6. The van der Waals surface area contributed by atoms with Crippen LogP contribution in [-0.2, 0) is 0 Å². The van der Waals surface area contributed by atoms with Gasteiger partial charge in [-0.2, -0.15) is 0 Å². The van der Waals surface area contributed by atoms with Crippen molar-refractivity contribution in [3.05, 3.63) is 57.0 Å². The third kappa shape index (κ3) is 3.23. The Kier molecular flexibility index (Phi) is 3.99. The molecule has 21 heavy (non-hydrogen) atoms. The number of carboxylic acids is 1. The zero-order valence-electron chi connectivity index (χ0n) is 10.1. The van der Waals surface area contributed by atoms with Gasteiger partial charge in [-0.1, -0.05) is 11.6 Å². The molecule has 0 amide bonds. The van der Waals surface area contributed by atoms with Crippen LogP contribution in [0, 0.1) is 15.9 Å². The van der Waals surface area contributed by atoms with E-state index in [-0.39, 0.29) is 16.7 Å². The summed E-state index contributed by atoms with van der Waals surface area (Å²) in [6.07, 6.45) is 0.760. The monoisotopic (exact) mass is 312 g/mol. The third-order valence-corrected chi connectivity index (χ3v) is 2.69. The molecular formula is C12H6ClFN2O5. The van der Waals surface area contributed by atoms with E-state index in [0.29, 0.717) is 0 Å². The van der Waals surface area contributed by atoms with E-state index < -0.39 is 28.0 Å². The predicted molar refractivity (Wildman–Crippen MR) is 69.3 cm³/mol. The minimum atomic E-state index is -1.50. The quantitative estimate of drug-likeness (QED) is 0.686. The zero-order valence-corrected chi connectivity index (χ0v) is 10.9. The van der Waals surface area contributed by atoms with Crippen molar-refractivity contribution >= 4 is 23.3 Å². The summed E-state index contributed by atoms with van der Waals surface area (Å²) >= 11 is 5.75. The van der Waals surface area contributed by atoms with Crippen LogP contribution in [0.25, 0.3) is 0 Å². The minimum absolute atomic E-state index is 0.0377. The number of carbonyl (C=O) groups is 1. The van der Waals surface area contributed by atoms with Crippen molar-refractivity contribution in [2.45, 2.75) is 0 Å². The summed E-state index contributed by atoms with van der Waals surface area (Å²) in [4.78, 5) is 24.4. The van der Waals surface area contributed by atoms with Gasteiger partial charge >= 0.3 is 11.7 Å². The van der Waals surface area contributed by atoms with Crippen molar-refractivity contribution in [3.63, 3.8) is 0 Å². The highest BCUT2D eigenvalue weighted by molar-refractivity contribution is 6.32. The number of rotatable bonds is 4. The van der Waals surface area contributed by atoms with E-state index in [1.807, 2.05) is 0 Å². The lowest BCUT2D eigenvalue weighted by molar-refractivity contribution is -0.385. The van der Waals surface area contributed by atoms with Crippen molar-refractivity contribution in [2.75, 3.05) is 0 Å². The van der Waals surface area contributed by atoms with Gasteiger partial charge in [-0.05, 0) is 18.2 Å². The summed E-state index contributed by atoms with van der Waals surface area (Å²) in [5.41, 5.74) is -1.25. The number of aromatic carboxylic acids is 1. The highest BCUT2D eigenvalue weighted by Gasteiger charge is 2.22. The lowest BCUT2D eigenvalue weighted by Gasteiger charge is -2.07. The predicted octanol–water partition coefficient (Wildman–Crippen LogP) is 3.27. The van der Waals surface area contributed by atoms with E-state index in [0.717, 1.165) is 24.4 Å². The highest BCUT2D eigenvalue weighted by Crippen LogP contribution is 2.30. The second-order valence-corrected chi connectivity index (χ2v) is 4.19. The SMILES string of the molecule is O=C(O)c1cc(Oc2ccc(F)cc2Cl)ncc1[N+](=O)[O-]. The van der Waals surface area contributed by atoms with Crippen LogP contribution < -0.4 is 4.74 Å². The van der Waals surface area contributed by atoms with Gasteiger partial charge in [-0.15, -0.1) is 0 Å². The molecule has 0 spiro atoms. The van der Waals surface area contributed by atoms with E-state index in [2.05, 4.69) is 4.98 Å². The summed E-state index contributed by atoms with van der Waals surface area (Å²) in [6, 6.07) is 4.20. The first-order valence-corrected chi connectivity index (χ1v) is 5.77.